The molecule has 0 spiro atoms. The van der Waals surface area contributed by atoms with Crippen LogP contribution in [0.1, 0.15) is 104 Å². The van der Waals surface area contributed by atoms with Crippen LogP contribution in [-0.4, -0.2) is 50.1 Å². The lowest BCUT2D eigenvalue weighted by Gasteiger charge is -2.25. The second kappa shape index (κ2) is 15.9. The molecule has 26 heavy (non-hydrogen) atoms. The van der Waals surface area contributed by atoms with Gasteiger partial charge in [-0.25, -0.2) is 0 Å². The second-order valence-electron chi connectivity index (χ2n) is 9.24. The highest BCUT2D eigenvalue weighted by Crippen LogP contribution is 2.21. The third-order valence-electron chi connectivity index (χ3n) is 6.39. The van der Waals surface area contributed by atoms with Gasteiger partial charge in [0.2, 0.25) is 0 Å². The molecular formula is C24H50N2. The van der Waals surface area contributed by atoms with E-state index in [2.05, 4.69) is 37.7 Å². The first-order valence-electron chi connectivity index (χ1n) is 12.0. The van der Waals surface area contributed by atoms with Gasteiger partial charge in [0.1, 0.15) is 0 Å². The van der Waals surface area contributed by atoms with Crippen LogP contribution in [0.3, 0.4) is 0 Å². The van der Waals surface area contributed by atoms with Crippen molar-refractivity contribution in [3.05, 3.63) is 0 Å². The van der Waals surface area contributed by atoms with Crippen molar-refractivity contribution < 1.29 is 0 Å². The van der Waals surface area contributed by atoms with Gasteiger partial charge in [0, 0.05) is 13.1 Å². The van der Waals surface area contributed by atoms with E-state index >= 15 is 0 Å². The zero-order chi connectivity index (χ0) is 19.0. The maximum absolute atomic E-state index is 2.65. The summed E-state index contributed by atoms with van der Waals surface area (Å²) in [5, 5.41) is 0. The quantitative estimate of drug-likeness (QED) is 0.268. The van der Waals surface area contributed by atoms with Crippen LogP contribution in [0.5, 0.6) is 0 Å². The lowest BCUT2D eigenvalue weighted by atomic mass is 9.94. The van der Waals surface area contributed by atoms with Crippen LogP contribution < -0.4 is 0 Å². The summed E-state index contributed by atoms with van der Waals surface area (Å²) in [4.78, 5) is 5.14. The lowest BCUT2D eigenvalue weighted by Crippen LogP contribution is -2.27. The summed E-state index contributed by atoms with van der Waals surface area (Å²) < 4.78 is 0. The third-order valence-corrected chi connectivity index (χ3v) is 6.39. The van der Waals surface area contributed by atoms with Crippen molar-refractivity contribution in [2.75, 3.05) is 40.3 Å². The van der Waals surface area contributed by atoms with E-state index in [1.54, 1.807) is 0 Å². The molecule has 0 bridgehead atoms. The highest BCUT2D eigenvalue weighted by Gasteiger charge is 2.19. The number of unbranched alkanes of at least 4 members (excludes halogenated alkanes) is 7. The van der Waals surface area contributed by atoms with Crippen molar-refractivity contribution >= 4 is 0 Å². The van der Waals surface area contributed by atoms with E-state index in [0.717, 1.165) is 11.8 Å². The van der Waals surface area contributed by atoms with Crippen molar-refractivity contribution in [1.82, 2.24) is 9.80 Å². The van der Waals surface area contributed by atoms with Gasteiger partial charge in [-0.3, -0.25) is 0 Å². The Kier molecular flexibility index (Phi) is 14.7. The van der Waals surface area contributed by atoms with Crippen LogP contribution in [0.15, 0.2) is 0 Å². The SMILES string of the molecule is CCCCCCCCC(CCCCC)CN(C)CCCC1CCN(C)C1. The summed E-state index contributed by atoms with van der Waals surface area (Å²) in [6.45, 7) is 9.93. The summed E-state index contributed by atoms with van der Waals surface area (Å²) in [5.74, 6) is 1.91. The molecule has 0 radical (unpaired) electrons. The number of likely N-dealkylation sites (tertiary alicyclic amines) is 1. The van der Waals surface area contributed by atoms with Gasteiger partial charge in [-0.2, -0.15) is 0 Å². The van der Waals surface area contributed by atoms with Crippen molar-refractivity contribution in [1.29, 1.82) is 0 Å². The fraction of sp³-hybridized carbons (Fsp3) is 1.00. The molecule has 1 fully saturated rings. The van der Waals surface area contributed by atoms with E-state index in [9.17, 15) is 0 Å². The Labute approximate surface area is 166 Å². The normalized spacial score (nSPS) is 19.5. The van der Waals surface area contributed by atoms with Crippen LogP contribution in [0, 0.1) is 11.8 Å². The van der Waals surface area contributed by atoms with Gasteiger partial charge in [-0.15, -0.1) is 0 Å². The van der Waals surface area contributed by atoms with E-state index in [-0.39, 0.29) is 0 Å². The van der Waals surface area contributed by atoms with Crippen molar-refractivity contribution in [3.8, 4) is 0 Å². The third kappa shape index (κ3) is 12.3. The molecular weight excluding hydrogens is 316 g/mol. The number of hydrogen-bond donors (Lipinski definition) is 0. The first-order chi connectivity index (χ1) is 12.7. The van der Waals surface area contributed by atoms with Crippen LogP contribution in [0.25, 0.3) is 0 Å². The molecule has 156 valence electrons. The predicted molar refractivity (Wildman–Crippen MR) is 118 cm³/mol. The van der Waals surface area contributed by atoms with E-state index in [1.165, 1.54) is 116 Å². The fourth-order valence-corrected chi connectivity index (χ4v) is 4.67. The average molecular weight is 367 g/mol. The Bertz CT molecular complexity index is 305. The molecule has 1 saturated heterocycles. The van der Waals surface area contributed by atoms with Crippen LogP contribution in [-0.2, 0) is 0 Å². The summed E-state index contributed by atoms with van der Waals surface area (Å²) in [7, 11) is 4.64. The number of hydrogen-bond acceptors (Lipinski definition) is 2. The summed E-state index contributed by atoms with van der Waals surface area (Å²) in [6, 6.07) is 0. The summed E-state index contributed by atoms with van der Waals surface area (Å²) in [6.07, 6.45) is 20.0. The smallest absolute Gasteiger partial charge is 0.000709 e. The predicted octanol–water partition coefficient (Wildman–Crippen LogP) is 6.60. The molecule has 1 aliphatic rings. The molecule has 0 aromatic rings. The van der Waals surface area contributed by atoms with Crippen molar-refractivity contribution in [2.45, 2.75) is 104 Å². The van der Waals surface area contributed by atoms with E-state index in [4.69, 9.17) is 0 Å². The summed E-state index contributed by atoms with van der Waals surface area (Å²) in [5.41, 5.74) is 0. The first-order valence-corrected chi connectivity index (χ1v) is 12.0. The Hall–Kier alpha value is -0.0800. The monoisotopic (exact) mass is 366 g/mol. The second-order valence-corrected chi connectivity index (χ2v) is 9.24. The van der Waals surface area contributed by atoms with Gasteiger partial charge in [-0.1, -0.05) is 71.6 Å². The minimum atomic E-state index is 0.940. The van der Waals surface area contributed by atoms with Gasteiger partial charge in [0.25, 0.3) is 0 Å². The fourth-order valence-electron chi connectivity index (χ4n) is 4.67. The number of rotatable bonds is 17. The van der Waals surface area contributed by atoms with Gasteiger partial charge in [0.05, 0.1) is 0 Å². The minimum Gasteiger partial charge on any atom is -0.306 e. The maximum Gasteiger partial charge on any atom is 0.000709 e. The van der Waals surface area contributed by atoms with Gasteiger partial charge in [0.15, 0.2) is 0 Å². The average Bonchev–Trinajstić information content (AvgIpc) is 3.03. The van der Waals surface area contributed by atoms with Gasteiger partial charge in [-0.05, 0) is 71.1 Å². The Morgan fingerprint density at radius 3 is 2.15 bits per heavy atom. The van der Waals surface area contributed by atoms with Crippen LogP contribution >= 0.6 is 0 Å². The van der Waals surface area contributed by atoms with E-state index in [0.29, 0.717) is 0 Å². The zero-order valence-electron chi connectivity index (χ0n) is 18.8. The molecule has 1 rings (SSSR count). The van der Waals surface area contributed by atoms with Gasteiger partial charge >= 0.3 is 0 Å². The van der Waals surface area contributed by atoms with E-state index in [1.807, 2.05) is 0 Å². The maximum atomic E-state index is 2.65. The van der Waals surface area contributed by atoms with E-state index < -0.39 is 0 Å². The highest BCUT2D eigenvalue weighted by atomic mass is 15.1. The molecule has 0 amide bonds. The molecule has 0 N–H and O–H groups in total. The van der Waals surface area contributed by atoms with Gasteiger partial charge < -0.3 is 9.80 Å². The Morgan fingerprint density at radius 2 is 1.50 bits per heavy atom. The summed E-state index contributed by atoms with van der Waals surface area (Å²) >= 11 is 0. The zero-order valence-corrected chi connectivity index (χ0v) is 18.8. The molecule has 0 aromatic carbocycles. The molecule has 0 saturated carbocycles. The topological polar surface area (TPSA) is 6.48 Å². The molecule has 2 heteroatoms. The lowest BCUT2D eigenvalue weighted by molar-refractivity contribution is 0.241. The Balaban J connectivity index is 2.17. The van der Waals surface area contributed by atoms with Crippen molar-refractivity contribution in [3.63, 3.8) is 0 Å². The molecule has 2 nitrogen and oxygen atoms in total. The molecule has 1 heterocycles. The molecule has 0 aliphatic carbocycles. The molecule has 2 unspecified atom stereocenters. The largest absolute Gasteiger partial charge is 0.306 e. The standard InChI is InChI=1S/C24H50N2/c1-5-7-9-10-11-13-16-23(15-12-8-6-2)21-25(3)19-14-17-24-18-20-26(4)22-24/h23-24H,5-22H2,1-4H3. The van der Waals surface area contributed by atoms with Crippen LogP contribution in [0.4, 0.5) is 0 Å². The minimum absolute atomic E-state index is 0.940. The van der Waals surface area contributed by atoms with Crippen LogP contribution in [0.2, 0.25) is 0 Å². The number of nitrogens with zero attached hydrogens (tertiary/aromatic N) is 2. The first kappa shape index (κ1) is 24.0. The highest BCUT2D eigenvalue weighted by molar-refractivity contribution is 4.73. The van der Waals surface area contributed by atoms with Crippen molar-refractivity contribution in [2.24, 2.45) is 11.8 Å². The molecule has 0 aromatic heterocycles. The molecule has 2 atom stereocenters. The molecule has 1 aliphatic heterocycles. The Morgan fingerprint density at radius 1 is 0.885 bits per heavy atom.